The number of carboxylic acids is 1. The van der Waals surface area contributed by atoms with Crippen molar-refractivity contribution < 1.29 is 24.3 Å². The Kier molecular flexibility index (Phi) is 3.91. The molecule has 0 aromatic carbocycles. The molecule has 2 N–H and O–H groups in total. The lowest BCUT2D eigenvalue weighted by Gasteiger charge is -2.38. The molecule has 0 radical (unpaired) electrons. The zero-order chi connectivity index (χ0) is 14.9. The van der Waals surface area contributed by atoms with Crippen LogP contribution in [0.4, 0.5) is 4.79 Å². The van der Waals surface area contributed by atoms with Gasteiger partial charge in [0.25, 0.3) is 0 Å². The van der Waals surface area contributed by atoms with Crippen LogP contribution < -0.4 is 5.32 Å². The van der Waals surface area contributed by atoms with E-state index < -0.39 is 35.8 Å². The number of carbonyl (C=O) groups is 4. The van der Waals surface area contributed by atoms with Gasteiger partial charge in [-0.15, -0.1) is 0 Å². The average molecular weight is 283 g/mol. The van der Waals surface area contributed by atoms with Crippen molar-refractivity contribution in [1.29, 1.82) is 0 Å². The van der Waals surface area contributed by atoms with Gasteiger partial charge >= 0.3 is 12.0 Å². The van der Waals surface area contributed by atoms with Crippen LogP contribution >= 0.6 is 0 Å². The number of nitrogens with zero attached hydrogens (tertiary/aromatic N) is 2. The van der Waals surface area contributed by atoms with Gasteiger partial charge in [0.15, 0.2) is 0 Å². The monoisotopic (exact) mass is 283 g/mol. The van der Waals surface area contributed by atoms with Crippen molar-refractivity contribution in [2.45, 2.75) is 25.8 Å². The van der Waals surface area contributed by atoms with E-state index in [4.69, 9.17) is 5.11 Å². The number of piperidine rings is 1. The minimum absolute atomic E-state index is 0.118. The number of hydrogen-bond acceptors (Lipinski definition) is 4. The standard InChI is InChI=1S/C12H17N3O5/c1-7-10(17)13-9(16)6-15(7)12(20)14-4-2-3-8(5-14)11(18)19/h7-8H,2-6H2,1H3,(H,18,19)(H,13,16,17). The van der Waals surface area contributed by atoms with E-state index in [9.17, 15) is 19.2 Å². The van der Waals surface area contributed by atoms with Crippen molar-refractivity contribution in [1.82, 2.24) is 15.1 Å². The summed E-state index contributed by atoms with van der Waals surface area (Å²) in [4.78, 5) is 48.8. The van der Waals surface area contributed by atoms with Crippen molar-refractivity contribution in [3.8, 4) is 0 Å². The first-order valence-electron chi connectivity index (χ1n) is 6.52. The van der Waals surface area contributed by atoms with E-state index in [2.05, 4.69) is 5.32 Å². The summed E-state index contributed by atoms with van der Waals surface area (Å²) in [6.07, 6.45) is 1.14. The SMILES string of the molecule is CC1C(=O)NC(=O)CN1C(=O)N1CCCC(C(=O)O)C1. The van der Waals surface area contributed by atoms with E-state index >= 15 is 0 Å². The van der Waals surface area contributed by atoms with Crippen LogP contribution in [0, 0.1) is 5.92 Å². The number of carbonyl (C=O) groups excluding carboxylic acids is 3. The van der Waals surface area contributed by atoms with Gasteiger partial charge in [0.05, 0.1) is 5.92 Å². The number of nitrogens with one attached hydrogen (secondary N) is 1. The van der Waals surface area contributed by atoms with Gasteiger partial charge in [0, 0.05) is 13.1 Å². The quantitative estimate of drug-likeness (QED) is 0.616. The largest absolute Gasteiger partial charge is 0.481 e. The van der Waals surface area contributed by atoms with E-state index in [0.717, 1.165) is 0 Å². The van der Waals surface area contributed by atoms with Gasteiger partial charge in [0.2, 0.25) is 11.8 Å². The summed E-state index contributed by atoms with van der Waals surface area (Å²) in [6, 6.07) is -1.18. The molecule has 2 fully saturated rings. The second-order valence-electron chi connectivity index (χ2n) is 5.12. The highest BCUT2D eigenvalue weighted by atomic mass is 16.4. The Bertz CT molecular complexity index is 464. The highest BCUT2D eigenvalue weighted by Crippen LogP contribution is 2.19. The molecule has 2 aliphatic rings. The van der Waals surface area contributed by atoms with Gasteiger partial charge in [-0.25, -0.2) is 4.79 Å². The third-order valence-electron chi connectivity index (χ3n) is 3.71. The Morgan fingerprint density at radius 3 is 2.70 bits per heavy atom. The minimum Gasteiger partial charge on any atom is -0.481 e. The van der Waals surface area contributed by atoms with Crippen molar-refractivity contribution in [2.24, 2.45) is 5.92 Å². The van der Waals surface area contributed by atoms with Gasteiger partial charge in [-0.2, -0.15) is 0 Å². The van der Waals surface area contributed by atoms with E-state index in [-0.39, 0.29) is 13.1 Å². The number of piperazine rings is 1. The maximum Gasteiger partial charge on any atom is 0.321 e. The van der Waals surface area contributed by atoms with Crippen molar-refractivity contribution in [3.63, 3.8) is 0 Å². The maximum atomic E-state index is 12.3. The third kappa shape index (κ3) is 2.73. The number of amides is 4. The normalized spacial score (nSPS) is 27.2. The molecular weight excluding hydrogens is 266 g/mol. The molecule has 2 atom stereocenters. The Hall–Kier alpha value is -2.12. The van der Waals surface area contributed by atoms with Crippen LogP contribution in [-0.2, 0) is 14.4 Å². The zero-order valence-electron chi connectivity index (χ0n) is 11.2. The van der Waals surface area contributed by atoms with Crippen LogP contribution in [0.15, 0.2) is 0 Å². The predicted molar refractivity (Wildman–Crippen MR) is 66.6 cm³/mol. The molecule has 20 heavy (non-hydrogen) atoms. The van der Waals surface area contributed by atoms with E-state index in [1.165, 1.54) is 16.7 Å². The third-order valence-corrected chi connectivity index (χ3v) is 3.71. The summed E-state index contributed by atoms with van der Waals surface area (Å²) in [6.45, 7) is 1.92. The molecular formula is C12H17N3O5. The fourth-order valence-electron chi connectivity index (χ4n) is 2.48. The maximum absolute atomic E-state index is 12.3. The van der Waals surface area contributed by atoms with Crippen molar-refractivity contribution >= 4 is 23.8 Å². The topological polar surface area (TPSA) is 107 Å². The second-order valence-corrected chi connectivity index (χ2v) is 5.12. The molecule has 110 valence electrons. The van der Waals surface area contributed by atoms with Gasteiger partial charge < -0.3 is 14.9 Å². The molecule has 0 bridgehead atoms. The first-order chi connectivity index (χ1) is 9.40. The highest BCUT2D eigenvalue weighted by Gasteiger charge is 2.37. The van der Waals surface area contributed by atoms with Gasteiger partial charge in [0.1, 0.15) is 12.6 Å². The molecule has 8 heteroatoms. The summed E-state index contributed by atoms with van der Waals surface area (Å²) in [7, 11) is 0. The average Bonchev–Trinajstić information content (AvgIpc) is 2.42. The van der Waals surface area contributed by atoms with Gasteiger partial charge in [-0.1, -0.05) is 0 Å². The minimum atomic E-state index is -0.928. The summed E-state index contributed by atoms with van der Waals surface area (Å²) in [5.74, 6) is -2.55. The second kappa shape index (κ2) is 5.48. The van der Waals surface area contributed by atoms with Crippen LogP contribution in [0.3, 0.4) is 0 Å². The number of likely N-dealkylation sites (tertiary alicyclic amines) is 1. The molecule has 0 aromatic rings. The van der Waals surface area contributed by atoms with Gasteiger partial charge in [-0.3, -0.25) is 19.7 Å². The number of imide groups is 1. The molecule has 2 unspecified atom stereocenters. The number of carboxylic acid groups (broad SMARTS) is 1. The number of urea groups is 1. The highest BCUT2D eigenvalue weighted by molar-refractivity contribution is 6.03. The van der Waals surface area contributed by atoms with E-state index in [1.54, 1.807) is 0 Å². The Balaban J connectivity index is 2.08. The van der Waals surface area contributed by atoms with Gasteiger partial charge in [-0.05, 0) is 19.8 Å². The molecule has 4 amide bonds. The fraction of sp³-hybridized carbons (Fsp3) is 0.667. The summed E-state index contributed by atoms with van der Waals surface area (Å²) < 4.78 is 0. The molecule has 0 spiro atoms. The van der Waals surface area contributed by atoms with Crippen molar-refractivity contribution in [2.75, 3.05) is 19.6 Å². The molecule has 2 aliphatic heterocycles. The van der Waals surface area contributed by atoms with E-state index in [1.807, 2.05) is 0 Å². The summed E-state index contributed by atoms with van der Waals surface area (Å²) in [5, 5.41) is 11.2. The van der Waals surface area contributed by atoms with Crippen LogP contribution in [0.25, 0.3) is 0 Å². The molecule has 0 aromatic heterocycles. The first-order valence-corrected chi connectivity index (χ1v) is 6.52. The molecule has 0 aliphatic carbocycles. The first kappa shape index (κ1) is 14.3. The molecule has 2 saturated heterocycles. The van der Waals surface area contributed by atoms with Crippen LogP contribution in [0.1, 0.15) is 19.8 Å². The smallest absolute Gasteiger partial charge is 0.321 e. The number of rotatable bonds is 1. The Labute approximate surface area is 115 Å². The Morgan fingerprint density at radius 2 is 2.05 bits per heavy atom. The number of aliphatic carboxylic acids is 1. The lowest BCUT2D eigenvalue weighted by atomic mass is 9.98. The molecule has 2 heterocycles. The molecule has 2 rings (SSSR count). The zero-order valence-corrected chi connectivity index (χ0v) is 11.2. The predicted octanol–water partition coefficient (Wildman–Crippen LogP) is -0.750. The summed E-state index contributed by atoms with van der Waals surface area (Å²) >= 11 is 0. The van der Waals surface area contributed by atoms with E-state index in [0.29, 0.717) is 19.4 Å². The molecule has 0 saturated carbocycles. The lowest BCUT2D eigenvalue weighted by molar-refractivity contribution is -0.144. The van der Waals surface area contributed by atoms with Crippen LogP contribution in [0.5, 0.6) is 0 Å². The molecule has 8 nitrogen and oxygen atoms in total. The van der Waals surface area contributed by atoms with Crippen molar-refractivity contribution in [3.05, 3.63) is 0 Å². The fourth-order valence-corrected chi connectivity index (χ4v) is 2.48. The summed E-state index contributed by atoms with van der Waals surface area (Å²) in [5.41, 5.74) is 0. The lowest BCUT2D eigenvalue weighted by Crippen LogP contribution is -2.62. The Morgan fingerprint density at radius 1 is 1.35 bits per heavy atom. The number of hydrogen-bond donors (Lipinski definition) is 2. The van der Waals surface area contributed by atoms with Crippen LogP contribution in [0.2, 0.25) is 0 Å². The van der Waals surface area contributed by atoms with Crippen LogP contribution in [-0.4, -0.2) is 64.4 Å².